The fraction of sp³-hybridized carbons (Fsp3) is 0.250. The minimum absolute atomic E-state index is 0.259. The van der Waals surface area contributed by atoms with Crippen LogP contribution in [0.25, 0.3) is 0 Å². The van der Waals surface area contributed by atoms with Crippen molar-refractivity contribution in [3.8, 4) is 0 Å². The number of amides is 1. The fourth-order valence-electron chi connectivity index (χ4n) is 1.91. The van der Waals surface area contributed by atoms with Crippen LogP contribution in [-0.4, -0.2) is 11.6 Å². The van der Waals surface area contributed by atoms with E-state index < -0.39 is 0 Å². The summed E-state index contributed by atoms with van der Waals surface area (Å²) < 4.78 is 5.33. The molecule has 20 heavy (non-hydrogen) atoms. The van der Waals surface area contributed by atoms with Gasteiger partial charge in [0.15, 0.2) is 0 Å². The van der Waals surface area contributed by atoms with Crippen molar-refractivity contribution >= 4 is 11.6 Å². The van der Waals surface area contributed by atoms with Gasteiger partial charge in [-0.1, -0.05) is 29.8 Å². The Morgan fingerprint density at radius 1 is 1.15 bits per heavy atom. The Balaban J connectivity index is 2.10. The highest BCUT2D eigenvalue weighted by Crippen LogP contribution is 2.13. The Kier molecular flexibility index (Phi) is 4.03. The zero-order chi connectivity index (χ0) is 14.7. The van der Waals surface area contributed by atoms with Crippen LogP contribution in [-0.2, 0) is 0 Å². The molecule has 0 aliphatic heterocycles. The van der Waals surface area contributed by atoms with Crippen molar-refractivity contribution in [2.24, 2.45) is 5.10 Å². The van der Waals surface area contributed by atoms with Gasteiger partial charge in [-0.15, -0.1) is 0 Å². The lowest BCUT2D eigenvalue weighted by atomic mass is 10.1. The molecule has 4 nitrogen and oxygen atoms in total. The summed E-state index contributed by atoms with van der Waals surface area (Å²) in [4.78, 5) is 12.0. The van der Waals surface area contributed by atoms with Crippen LogP contribution in [0.1, 0.15) is 39.9 Å². The maximum absolute atomic E-state index is 12.0. The highest BCUT2D eigenvalue weighted by Gasteiger charge is 2.12. The number of rotatable bonds is 3. The molecule has 4 heteroatoms. The van der Waals surface area contributed by atoms with Crippen molar-refractivity contribution in [3.63, 3.8) is 0 Å². The molecule has 0 unspecified atom stereocenters. The minimum Gasteiger partial charge on any atom is -0.466 e. The van der Waals surface area contributed by atoms with Crippen LogP contribution in [0, 0.1) is 20.8 Å². The summed E-state index contributed by atoms with van der Waals surface area (Å²) >= 11 is 0. The van der Waals surface area contributed by atoms with Gasteiger partial charge >= 0.3 is 0 Å². The van der Waals surface area contributed by atoms with E-state index in [0.29, 0.717) is 17.1 Å². The number of nitrogens with zero attached hydrogens (tertiary/aromatic N) is 1. The number of hydrogen-bond donors (Lipinski definition) is 1. The molecular formula is C16H18N2O2. The van der Waals surface area contributed by atoms with E-state index in [4.69, 9.17) is 4.42 Å². The monoisotopic (exact) mass is 270 g/mol. The van der Waals surface area contributed by atoms with Gasteiger partial charge in [-0.25, -0.2) is 5.43 Å². The number of hydrazone groups is 1. The lowest BCUT2D eigenvalue weighted by Gasteiger charge is -2.03. The molecule has 0 aliphatic rings. The van der Waals surface area contributed by atoms with E-state index in [0.717, 1.165) is 11.3 Å². The summed E-state index contributed by atoms with van der Waals surface area (Å²) in [6.07, 6.45) is 0. The molecule has 0 bridgehead atoms. The molecular weight excluding hydrogens is 252 g/mol. The molecule has 0 spiro atoms. The number of nitrogens with one attached hydrogen (secondary N) is 1. The molecule has 0 saturated heterocycles. The second-order valence-corrected chi connectivity index (χ2v) is 4.83. The number of benzene rings is 1. The number of carbonyl (C=O) groups is 1. The zero-order valence-corrected chi connectivity index (χ0v) is 12.2. The molecule has 2 rings (SSSR count). The van der Waals surface area contributed by atoms with Gasteiger partial charge < -0.3 is 4.42 Å². The van der Waals surface area contributed by atoms with Crippen LogP contribution in [0.4, 0.5) is 0 Å². The van der Waals surface area contributed by atoms with Gasteiger partial charge in [-0.2, -0.15) is 5.10 Å². The summed E-state index contributed by atoms with van der Waals surface area (Å²) in [7, 11) is 0. The minimum atomic E-state index is -0.259. The van der Waals surface area contributed by atoms with E-state index in [2.05, 4.69) is 10.5 Å². The summed E-state index contributed by atoms with van der Waals surface area (Å²) in [5.74, 6) is 1.06. The largest absolute Gasteiger partial charge is 0.466 e. The van der Waals surface area contributed by atoms with Crippen LogP contribution < -0.4 is 5.43 Å². The topological polar surface area (TPSA) is 54.6 Å². The standard InChI is InChI=1S/C16H18N2O2/c1-10-5-7-14(8-6-10)12(3)17-18-16(19)15-9-11(2)20-13(15)4/h5-9H,1-4H3,(H,18,19)/b17-12+. The summed E-state index contributed by atoms with van der Waals surface area (Å²) in [6, 6.07) is 9.70. The highest BCUT2D eigenvalue weighted by atomic mass is 16.3. The molecule has 2 aromatic rings. The molecule has 0 aliphatic carbocycles. The van der Waals surface area contributed by atoms with Crippen molar-refractivity contribution in [2.45, 2.75) is 27.7 Å². The number of aryl methyl sites for hydroxylation is 3. The van der Waals surface area contributed by atoms with Crippen molar-refractivity contribution < 1.29 is 9.21 Å². The van der Waals surface area contributed by atoms with E-state index in [-0.39, 0.29) is 5.91 Å². The summed E-state index contributed by atoms with van der Waals surface area (Å²) in [5.41, 5.74) is 6.00. The van der Waals surface area contributed by atoms with Crippen molar-refractivity contribution in [3.05, 3.63) is 58.5 Å². The van der Waals surface area contributed by atoms with Crippen LogP contribution in [0.15, 0.2) is 39.9 Å². The van der Waals surface area contributed by atoms with E-state index >= 15 is 0 Å². The molecule has 1 aromatic heterocycles. The van der Waals surface area contributed by atoms with Crippen LogP contribution in [0.5, 0.6) is 0 Å². The number of carbonyl (C=O) groups excluding carboxylic acids is 1. The van der Waals surface area contributed by atoms with Gasteiger partial charge in [0.2, 0.25) is 0 Å². The smallest absolute Gasteiger partial charge is 0.274 e. The fourth-order valence-corrected chi connectivity index (χ4v) is 1.91. The van der Waals surface area contributed by atoms with Gasteiger partial charge in [0, 0.05) is 0 Å². The second kappa shape index (κ2) is 5.74. The van der Waals surface area contributed by atoms with Gasteiger partial charge in [0.25, 0.3) is 5.91 Å². The van der Waals surface area contributed by atoms with Gasteiger partial charge in [0.1, 0.15) is 11.5 Å². The SMILES string of the molecule is C/C(=N\NC(=O)c1cc(C)oc1C)c1ccc(C)cc1. The lowest BCUT2D eigenvalue weighted by molar-refractivity contribution is 0.0953. The van der Waals surface area contributed by atoms with Gasteiger partial charge in [-0.05, 0) is 39.3 Å². The second-order valence-electron chi connectivity index (χ2n) is 4.83. The first-order chi connectivity index (χ1) is 9.47. The van der Waals surface area contributed by atoms with Crippen LogP contribution in [0.2, 0.25) is 0 Å². The Labute approximate surface area is 118 Å². The maximum Gasteiger partial charge on any atom is 0.274 e. The number of furan rings is 1. The van der Waals surface area contributed by atoms with Gasteiger partial charge in [0.05, 0.1) is 11.3 Å². The third-order valence-corrected chi connectivity index (χ3v) is 3.08. The molecule has 1 N–H and O–H groups in total. The van der Waals surface area contributed by atoms with E-state index in [1.54, 1.807) is 13.0 Å². The Hall–Kier alpha value is -2.36. The average molecular weight is 270 g/mol. The third-order valence-electron chi connectivity index (χ3n) is 3.08. The first-order valence-electron chi connectivity index (χ1n) is 6.46. The average Bonchev–Trinajstić information content (AvgIpc) is 2.75. The molecule has 1 aromatic carbocycles. The first kappa shape index (κ1) is 14.1. The van der Waals surface area contributed by atoms with Crippen LogP contribution in [0.3, 0.4) is 0 Å². The van der Waals surface area contributed by atoms with Gasteiger partial charge in [-0.3, -0.25) is 4.79 Å². The summed E-state index contributed by atoms with van der Waals surface area (Å²) in [6.45, 7) is 7.46. The number of hydrogen-bond acceptors (Lipinski definition) is 3. The van der Waals surface area contributed by atoms with Crippen molar-refractivity contribution in [2.75, 3.05) is 0 Å². The van der Waals surface area contributed by atoms with E-state index in [1.165, 1.54) is 5.56 Å². The molecule has 0 atom stereocenters. The predicted octanol–water partition coefficient (Wildman–Crippen LogP) is 3.36. The van der Waals surface area contributed by atoms with E-state index in [1.807, 2.05) is 45.0 Å². The quantitative estimate of drug-likeness (QED) is 0.686. The van der Waals surface area contributed by atoms with Crippen LogP contribution >= 0.6 is 0 Å². The Morgan fingerprint density at radius 3 is 2.35 bits per heavy atom. The van der Waals surface area contributed by atoms with E-state index in [9.17, 15) is 4.79 Å². The highest BCUT2D eigenvalue weighted by molar-refractivity contribution is 6.01. The normalized spacial score (nSPS) is 11.5. The molecule has 1 heterocycles. The van der Waals surface area contributed by atoms with Crippen molar-refractivity contribution in [1.82, 2.24) is 5.43 Å². The third kappa shape index (κ3) is 3.15. The molecule has 0 radical (unpaired) electrons. The Bertz CT molecular complexity index is 652. The molecule has 0 saturated carbocycles. The summed E-state index contributed by atoms with van der Waals surface area (Å²) in [5, 5.41) is 4.13. The lowest BCUT2D eigenvalue weighted by Crippen LogP contribution is -2.19. The molecule has 0 fully saturated rings. The Morgan fingerprint density at radius 2 is 1.80 bits per heavy atom. The zero-order valence-electron chi connectivity index (χ0n) is 12.2. The molecule has 1 amide bonds. The first-order valence-corrected chi connectivity index (χ1v) is 6.46. The maximum atomic E-state index is 12.0. The molecule has 104 valence electrons. The van der Waals surface area contributed by atoms with Crippen molar-refractivity contribution in [1.29, 1.82) is 0 Å². The predicted molar refractivity (Wildman–Crippen MR) is 79.0 cm³/mol.